The molecule has 2 amide bonds. The van der Waals surface area contributed by atoms with E-state index in [9.17, 15) is 4.79 Å². The van der Waals surface area contributed by atoms with Gasteiger partial charge in [-0.3, -0.25) is 10.3 Å². The average molecular weight is 327 g/mol. The maximum Gasteiger partial charge on any atom is 0.323 e. The lowest BCUT2D eigenvalue weighted by atomic mass is 10.0. The molecular formula is C17H21N5O2. The topological polar surface area (TPSA) is 80.2 Å². The van der Waals surface area contributed by atoms with Crippen molar-refractivity contribution in [2.24, 2.45) is 0 Å². The van der Waals surface area contributed by atoms with E-state index in [1.54, 1.807) is 24.5 Å². The zero-order valence-electron chi connectivity index (χ0n) is 13.7. The third-order valence-electron chi connectivity index (χ3n) is 4.19. The van der Waals surface area contributed by atoms with E-state index in [2.05, 4.69) is 20.5 Å². The molecule has 1 fully saturated rings. The van der Waals surface area contributed by atoms with Gasteiger partial charge in [-0.15, -0.1) is 10.2 Å². The Kier molecular flexibility index (Phi) is 5.20. The number of likely N-dealkylation sites (tertiary alicyclic amines) is 1. The summed E-state index contributed by atoms with van der Waals surface area (Å²) in [7, 11) is 1.53. The lowest BCUT2D eigenvalue weighted by molar-refractivity contribution is 0.189. The normalized spacial score (nSPS) is 17.9. The molecule has 7 heteroatoms. The van der Waals surface area contributed by atoms with Gasteiger partial charge in [-0.2, -0.15) is 0 Å². The smallest absolute Gasteiger partial charge is 0.323 e. The molecule has 24 heavy (non-hydrogen) atoms. The van der Waals surface area contributed by atoms with Gasteiger partial charge in [0.05, 0.1) is 13.2 Å². The van der Waals surface area contributed by atoms with Crippen LogP contribution in [0.4, 0.5) is 10.6 Å². The number of urea groups is 1. The summed E-state index contributed by atoms with van der Waals surface area (Å²) in [6, 6.07) is 7.21. The van der Waals surface area contributed by atoms with Gasteiger partial charge in [0.2, 0.25) is 5.88 Å². The number of nitrogens with one attached hydrogen (secondary N) is 1. The highest BCUT2D eigenvalue weighted by molar-refractivity contribution is 5.88. The largest absolute Gasteiger partial charge is 0.480 e. The molecule has 0 radical (unpaired) electrons. The third kappa shape index (κ3) is 3.79. The maximum absolute atomic E-state index is 12.8. The molecule has 0 saturated carbocycles. The molecule has 0 spiro atoms. The zero-order valence-corrected chi connectivity index (χ0v) is 13.7. The van der Waals surface area contributed by atoms with Crippen molar-refractivity contribution in [1.29, 1.82) is 0 Å². The number of carbonyl (C=O) groups excluding carboxylic acids is 1. The summed E-state index contributed by atoms with van der Waals surface area (Å²) in [5.41, 5.74) is 1.11. The van der Waals surface area contributed by atoms with E-state index in [-0.39, 0.29) is 12.1 Å². The number of pyridine rings is 1. The number of nitrogens with zero attached hydrogens (tertiary/aromatic N) is 4. The van der Waals surface area contributed by atoms with Crippen LogP contribution in [0.25, 0.3) is 0 Å². The van der Waals surface area contributed by atoms with Crippen molar-refractivity contribution in [3.05, 3.63) is 42.2 Å². The van der Waals surface area contributed by atoms with E-state index in [1.165, 1.54) is 7.11 Å². The minimum Gasteiger partial charge on any atom is -0.480 e. The van der Waals surface area contributed by atoms with Gasteiger partial charge in [0.1, 0.15) is 0 Å². The van der Waals surface area contributed by atoms with Crippen LogP contribution in [0.15, 0.2) is 36.7 Å². The van der Waals surface area contributed by atoms with Crippen LogP contribution in [0, 0.1) is 0 Å². The highest BCUT2D eigenvalue weighted by atomic mass is 16.5. The summed E-state index contributed by atoms with van der Waals surface area (Å²) >= 11 is 0. The second-order valence-corrected chi connectivity index (χ2v) is 5.73. The quantitative estimate of drug-likeness (QED) is 0.937. The Hall–Kier alpha value is -2.70. The number of carbonyl (C=O) groups is 1. The van der Waals surface area contributed by atoms with E-state index in [1.807, 2.05) is 17.0 Å². The molecule has 0 aromatic carbocycles. The summed E-state index contributed by atoms with van der Waals surface area (Å²) < 4.78 is 4.98. The van der Waals surface area contributed by atoms with Crippen LogP contribution < -0.4 is 10.1 Å². The van der Waals surface area contributed by atoms with Crippen LogP contribution in [0.3, 0.4) is 0 Å². The first-order valence-electron chi connectivity index (χ1n) is 8.13. The number of methoxy groups -OCH3 is 1. The molecule has 1 N–H and O–H groups in total. The van der Waals surface area contributed by atoms with E-state index in [0.717, 1.165) is 37.8 Å². The first-order chi connectivity index (χ1) is 11.8. The second kappa shape index (κ2) is 7.72. The lowest BCUT2D eigenvalue weighted by Gasteiger charge is -2.30. The van der Waals surface area contributed by atoms with Crippen molar-refractivity contribution in [1.82, 2.24) is 20.1 Å². The molecular weight excluding hydrogens is 306 g/mol. The predicted octanol–water partition coefficient (Wildman–Crippen LogP) is 3.03. The fourth-order valence-corrected chi connectivity index (χ4v) is 2.96. The number of hydrogen-bond acceptors (Lipinski definition) is 5. The van der Waals surface area contributed by atoms with Gasteiger partial charge >= 0.3 is 6.03 Å². The molecule has 0 bridgehead atoms. The van der Waals surface area contributed by atoms with Gasteiger partial charge in [0.15, 0.2) is 5.82 Å². The van der Waals surface area contributed by atoms with Crippen LogP contribution in [-0.4, -0.2) is 39.8 Å². The fourth-order valence-electron chi connectivity index (χ4n) is 2.96. The summed E-state index contributed by atoms with van der Waals surface area (Å²) in [5, 5.41) is 10.7. The highest BCUT2D eigenvalue weighted by Crippen LogP contribution is 2.30. The Morgan fingerprint density at radius 1 is 1.17 bits per heavy atom. The third-order valence-corrected chi connectivity index (χ3v) is 4.19. The minimum atomic E-state index is -0.154. The van der Waals surface area contributed by atoms with Crippen molar-refractivity contribution in [3.63, 3.8) is 0 Å². The van der Waals surface area contributed by atoms with Crippen molar-refractivity contribution < 1.29 is 9.53 Å². The summed E-state index contributed by atoms with van der Waals surface area (Å²) in [6.07, 6.45) is 7.73. The molecule has 3 heterocycles. The summed E-state index contributed by atoms with van der Waals surface area (Å²) in [6.45, 7) is 0.725. The predicted molar refractivity (Wildman–Crippen MR) is 89.8 cm³/mol. The van der Waals surface area contributed by atoms with E-state index in [4.69, 9.17) is 4.74 Å². The standard InChI is InChI=1S/C17H21N5O2/c1-24-16-7-6-15(20-21-16)19-17(23)22-12-4-2-3-5-14(22)13-8-10-18-11-9-13/h6-11,14H,2-5,12H2,1H3,(H,19,20,23)/t14-/m1/s1. The van der Waals surface area contributed by atoms with E-state index >= 15 is 0 Å². The fraction of sp³-hybridized carbons (Fsp3) is 0.412. The second-order valence-electron chi connectivity index (χ2n) is 5.73. The zero-order chi connectivity index (χ0) is 16.8. The average Bonchev–Trinajstić information content (AvgIpc) is 2.89. The van der Waals surface area contributed by atoms with Gasteiger partial charge in [-0.05, 0) is 36.6 Å². The number of hydrogen-bond donors (Lipinski definition) is 1. The van der Waals surface area contributed by atoms with E-state index < -0.39 is 0 Å². The number of amides is 2. The first-order valence-corrected chi connectivity index (χ1v) is 8.13. The van der Waals surface area contributed by atoms with E-state index in [0.29, 0.717) is 11.7 Å². The van der Waals surface area contributed by atoms with Gasteiger partial charge in [-0.25, -0.2) is 4.79 Å². The molecule has 0 aliphatic carbocycles. The molecule has 2 aromatic rings. The summed E-state index contributed by atoms with van der Waals surface area (Å²) in [5.74, 6) is 0.830. The molecule has 1 saturated heterocycles. The summed E-state index contributed by atoms with van der Waals surface area (Å²) in [4.78, 5) is 18.7. The number of rotatable bonds is 3. The molecule has 0 unspecified atom stereocenters. The number of ether oxygens (including phenoxy) is 1. The molecule has 1 aliphatic rings. The van der Waals surface area contributed by atoms with Crippen LogP contribution in [0.1, 0.15) is 37.3 Å². The Morgan fingerprint density at radius 2 is 2.00 bits per heavy atom. The van der Waals surface area contributed by atoms with Gasteiger partial charge in [0, 0.05) is 25.0 Å². The highest BCUT2D eigenvalue weighted by Gasteiger charge is 2.27. The monoisotopic (exact) mass is 327 g/mol. The van der Waals surface area contributed by atoms with Crippen LogP contribution in [-0.2, 0) is 0 Å². The molecule has 1 aliphatic heterocycles. The molecule has 7 nitrogen and oxygen atoms in total. The Bertz CT molecular complexity index is 662. The first kappa shape index (κ1) is 16.2. The van der Waals surface area contributed by atoms with Crippen molar-refractivity contribution in [3.8, 4) is 5.88 Å². The van der Waals surface area contributed by atoms with Crippen molar-refractivity contribution in [2.75, 3.05) is 19.0 Å². The molecule has 1 atom stereocenters. The molecule has 2 aromatic heterocycles. The lowest BCUT2D eigenvalue weighted by Crippen LogP contribution is -2.38. The van der Waals surface area contributed by atoms with Gasteiger partial charge in [-0.1, -0.05) is 12.8 Å². The molecule has 3 rings (SSSR count). The SMILES string of the molecule is COc1ccc(NC(=O)N2CCCCC[C@@H]2c2ccncc2)nn1. The van der Waals surface area contributed by atoms with Crippen LogP contribution >= 0.6 is 0 Å². The number of aromatic nitrogens is 3. The Labute approximate surface area is 141 Å². The van der Waals surface area contributed by atoms with Gasteiger partial charge < -0.3 is 9.64 Å². The minimum absolute atomic E-state index is 0.0571. The Balaban J connectivity index is 1.76. The van der Waals surface area contributed by atoms with Crippen molar-refractivity contribution in [2.45, 2.75) is 31.7 Å². The van der Waals surface area contributed by atoms with Crippen molar-refractivity contribution >= 4 is 11.8 Å². The molecule has 126 valence electrons. The maximum atomic E-state index is 12.8. The number of anilines is 1. The van der Waals surface area contributed by atoms with Gasteiger partial charge in [0.25, 0.3) is 0 Å². The Morgan fingerprint density at radius 3 is 2.71 bits per heavy atom. The van der Waals surface area contributed by atoms with Crippen LogP contribution in [0.5, 0.6) is 5.88 Å². The van der Waals surface area contributed by atoms with Crippen LogP contribution in [0.2, 0.25) is 0 Å².